The highest BCUT2D eigenvalue weighted by Crippen LogP contribution is 2.26. The Morgan fingerprint density at radius 3 is 2.63 bits per heavy atom. The maximum absolute atomic E-state index is 13.6. The maximum atomic E-state index is 13.6. The molecular formula is C16H17FO2. The van der Waals surface area contributed by atoms with Gasteiger partial charge in [-0.05, 0) is 41.8 Å². The predicted octanol–water partition coefficient (Wildman–Crippen LogP) is 4.12. The van der Waals surface area contributed by atoms with Crippen LogP contribution in [0, 0.1) is 11.7 Å². The van der Waals surface area contributed by atoms with Gasteiger partial charge in [0.15, 0.2) is 0 Å². The lowest BCUT2D eigenvalue weighted by Crippen LogP contribution is -1.98. The molecule has 1 heterocycles. The summed E-state index contributed by atoms with van der Waals surface area (Å²) in [5.41, 5.74) is 1.33. The molecule has 1 aromatic carbocycles. The van der Waals surface area contributed by atoms with E-state index in [0.29, 0.717) is 17.1 Å². The number of halogens is 1. The number of hydrogen-bond donors (Lipinski definition) is 1. The van der Waals surface area contributed by atoms with Crippen molar-refractivity contribution in [1.82, 2.24) is 0 Å². The first-order valence-corrected chi connectivity index (χ1v) is 6.28. The Balaban J connectivity index is 2.32. The van der Waals surface area contributed by atoms with Gasteiger partial charge in [-0.2, -0.15) is 0 Å². The fourth-order valence-electron chi connectivity index (χ4n) is 1.81. The van der Waals surface area contributed by atoms with E-state index in [-0.39, 0.29) is 18.3 Å². The first-order chi connectivity index (χ1) is 9.11. The number of rotatable bonds is 4. The molecule has 0 saturated heterocycles. The molecule has 0 amide bonds. The second-order valence-electron chi connectivity index (χ2n) is 4.71. The first-order valence-electron chi connectivity index (χ1n) is 6.28. The van der Waals surface area contributed by atoms with Crippen LogP contribution >= 0.6 is 0 Å². The highest BCUT2D eigenvalue weighted by atomic mass is 19.1. The van der Waals surface area contributed by atoms with Gasteiger partial charge >= 0.3 is 0 Å². The van der Waals surface area contributed by atoms with E-state index in [1.54, 1.807) is 36.4 Å². The topological polar surface area (TPSA) is 33.4 Å². The number of hydrogen-bond acceptors (Lipinski definition) is 2. The lowest BCUT2D eigenvalue weighted by molar-refractivity contribution is 0.320. The normalized spacial score (nSPS) is 12.2. The minimum Gasteiger partial charge on any atom is -0.457 e. The third-order valence-corrected chi connectivity index (χ3v) is 3.02. The lowest BCUT2D eigenvalue weighted by Gasteiger charge is -2.06. The fourth-order valence-corrected chi connectivity index (χ4v) is 1.81. The van der Waals surface area contributed by atoms with Crippen molar-refractivity contribution < 1.29 is 13.9 Å². The zero-order chi connectivity index (χ0) is 13.8. The van der Waals surface area contributed by atoms with Gasteiger partial charge in [-0.25, -0.2) is 4.39 Å². The zero-order valence-corrected chi connectivity index (χ0v) is 11.1. The van der Waals surface area contributed by atoms with Gasteiger partial charge in [0.05, 0.1) is 12.2 Å². The standard InChI is InChI=1S/C16H17FO2/c1-11(2)12(10-18)9-13-7-8-16(19-13)14-5-3-4-6-15(14)17/h3-9,11,18H,10H2,1-2H3. The predicted molar refractivity (Wildman–Crippen MR) is 74.0 cm³/mol. The summed E-state index contributed by atoms with van der Waals surface area (Å²) in [7, 11) is 0. The summed E-state index contributed by atoms with van der Waals surface area (Å²) in [5, 5.41) is 9.26. The van der Waals surface area contributed by atoms with E-state index >= 15 is 0 Å². The van der Waals surface area contributed by atoms with Crippen LogP contribution in [0.2, 0.25) is 0 Å². The average Bonchev–Trinajstić information content (AvgIpc) is 2.84. The van der Waals surface area contributed by atoms with Gasteiger partial charge in [0, 0.05) is 0 Å². The van der Waals surface area contributed by atoms with Crippen LogP contribution in [-0.4, -0.2) is 11.7 Å². The summed E-state index contributed by atoms with van der Waals surface area (Å²) in [6.07, 6.45) is 1.80. The van der Waals surface area contributed by atoms with E-state index < -0.39 is 0 Å². The number of aliphatic hydroxyl groups excluding tert-OH is 1. The van der Waals surface area contributed by atoms with Gasteiger partial charge in [-0.3, -0.25) is 0 Å². The van der Waals surface area contributed by atoms with Crippen molar-refractivity contribution in [3.05, 3.63) is 53.5 Å². The minimum atomic E-state index is -0.307. The molecule has 1 N–H and O–H groups in total. The Kier molecular flexibility index (Phi) is 4.17. The summed E-state index contributed by atoms with van der Waals surface area (Å²) in [6, 6.07) is 10.0. The molecule has 0 fully saturated rings. The summed E-state index contributed by atoms with van der Waals surface area (Å²) in [5.74, 6) is 1.05. The van der Waals surface area contributed by atoms with Gasteiger partial charge in [-0.15, -0.1) is 0 Å². The smallest absolute Gasteiger partial charge is 0.137 e. The molecule has 0 atom stereocenters. The van der Waals surface area contributed by atoms with Crippen molar-refractivity contribution in [2.24, 2.45) is 5.92 Å². The Morgan fingerprint density at radius 2 is 2.00 bits per heavy atom. The molecule has 0 aliphatic carbocycles. The average molecular weight is 260 g/mol. The molecule has 0 aliphatic rings. The Morgan fingerprint density at radius 1 is 1.26 bits per heavy atom. The van der Waals surface area contributed by atoms with Crippen LogP contribution < -0.4 is 0 Å². The first kappa shape index (κ1) is 13.6. The van der Waals surface area contributed by atoms with Crippen LogP contribution in [0.3, 0.4) is 0 Å². The van der Waals surface area contributed by atoms with Crippen LogP contribution in [0.15, 0.2) is 46.4 Å². The van der Waals surface area contributed by atoms with Gasteiger partial charge in [-0.1, -0.05) is 26.0 Å². The molecule has 2 aromatic rings. The summed E-state index contributed by atoms with van der Waals surface area (Å²) in [6.45, 7) is 4.00. The molecule has 100 valence electrons. The summed E-state index contributed by atoms with van der Waals surface area (Å²) < 4.78 is 19.2. The Bertz CT molecular complexity index is 582. The molecule has 19 heavy (non-hydrogen) atoms. The molecule has 0 aliphatic heterocycles. The molecule has 0 spiro atoms. The van der Waals surface area contributed by atoms with Crippen molar-refractivity contribution in [2.75, 3.05) is 6.61 Å². The van der Waals surface area contributed by atoms with Gasteiger partial charge in [0.2, 0.25) is 0 Å². The summed E-state index contributed by atoms with van der Waals surface area (Å²) in [4.78, 5) is 0. The molecule has 0 radical (unpaired) electrons. The molecule has 2 rings (SSSR count). The number of aliphatic hydroxyl groups is 1. The van der Waals surface area contributed by atoms with E-state index in [2.05, 4.69) is 0 Å². The molecule has 0 bridgehead atoms. The van der Waals surface area contributed by atoms with Crippen LogP contribution in [0.1, 0.15) is 19.6 Å². The van der Waals surface area contributed by atoms with Crippen molar-refractivity contribution in [3.63, 3.8) is 0 Å². The van der Waals surface area contributed by atoms with Crippen molar-refractivity contribution in [2.45, 2.75) is 13.8 Å². The van der Waals surface area contributed by atoms with Crippen molar-refractivity contribution in [3.8, 4) is 11.3 Å². The number of benzene rings is 1. The molecule has 2 nitrogen and oxygen atoms in total. The van der Waals surface area contributed by atoms with Gasteiger partial charge in [0.25, 0.3) is 0 Å². The van der Waals surface area contributed by atoms with Gasteiger partial charge in [0.1, 0.15) is 17.3 Å². The second kappa shape index (κ2) is 5.85. The minimum absolute atomic E-state index is 0.00655. The molecule has 0 saturated carbocycles. The highest BCUT2D eigenvalue weighted by Gasteiger charge is 2.09. The van der Waals surface area contributed by atoms with Crippen LogP contribution in [-0.2, 0) is 0 Å². The molecule has 3 heteroatoms. The Labute approximate surface area is 112 Å². The zero-order valence-electron chi connectivity index (χ0n) is 11.1. The lowest BCUT2D eigenvalue weighted by atomic mass is 10.0. The number of furan rings is 1. The fraction of sp³-hybridized carbons (Fsp3) is 0.250. The largest absolute Gasteiger partial charge is 0.457 e. The van der Waals surface area contributed by atoms with Crippen LogP contribution in [0.4, 0.5) is 4.39 Å². The molecule has 1 aromatic heterocycles. The third-order valence-electron chi connectivity index (χ3n) is 3.02. The Hall–Kier alpha value is -1.87. The second-order valence-corrected chi connectivity index (χ2v) is 4.71. The van der Waals surface area contributed by atoms with Crippen molar-refractivity contribution >= 4 is 6.08 Å². The third kappa shape index (κ3) is 3.12. The SMILES string of the molecule is CC(C)C(=Cc1ccc(-c2ccccc2F)o1)CO. The van der Waals surface area contributed by atoms with Crippen LogP contribution in [0.5, 0.6) is 0 Å². The molecule has 0 unspecified atom stereocenters. The van der Waals surface area contributed by atoms with Crippen LogP contribution in [0.25, 0.3) is 17.4 Å². The summed E-state index contributed by atoms with van der Waals surface area (Å²) >= 11 is 0. The van der Waals surface area contributed by atoms with E-state index in [0.717, 1.165) is 5.57 Å². The molecular weight excluding hydrogens is 243 g/mol. The highest BCUT2D eigenvalue weighted by molar-refractivity contribution is 5.61. The monoisotopic (exact) mass is 260 g/mol. The van der Waals surface area contributed by atoms with Gasteiger partial charge < -0.3 is 9.52 Å². The van der Waals surface area contributed by atoms with E-state index in [9.17, 15) is 9.50 Å². The maximum Gasteiger partial charge on any atom is 0.137 e. The van der Waals surface area contributed by atoms with E-state index in [1.165, 1.54) is 6.07 Å². The quantitative estimate of drug-likeness (QED) is 0.897. The van der Waals surface area contributed by atoms with Crippen molar-refractivity contribution in [1.29, 1.82) is 0 Å². The van der Waals surface area contributed by atoms with E-state index in [4.69, 9.17) is 4.42 Å². The van der Waals surface area contributed by atoms with E-state index in [1.807, 2.05) is 13.8 Å².